The summed E-state index contributed by atoms with van der Waals surface area (Å²) in [5, 5.41) is 0. The van der Waals surface area contributed by atoms with Crippen LogP contribution in [-0.2, 0) is 0 Å². The number of hydrogen-bond donors (Lipinski definition) is 2. The smallest absolute Gasteiger partial charge is 0.0644 e. The summed E-state index contributed by atoms with van der Waals surface area (Å²) in [6.07, 6.45) is 7.89. The number of nitrogens with one attached hydrogen (secondary N) is 1. The van der Waals surface area contributed by atoms with Crippen LogP contribution in [0.25, 0.3) is 0 Å². The van der Waals surface area contributed by atoms with Gasteiger partial charge in [0.05, 0.1) is 6.04 Å². The van der Waals surface area contributed by atoms with Crippen molar-refractivity contribution in [1.29, 1.82) is 0 Å². The zero-order valence-corrected chi connectivity index (χ0v) is 13.5. The van der Waals surface area contributed by atoms with Gasteiger partial charge >= 0.3 is 0 Å². The molecule has 1 aromatic carbocycles. The molecule has 1 heterocycles. The first-order valence-corrected chi connectivity index (χ1v) is 8.46. The average molecular weight is 287 g/mol. The van der Waals surface area contributed by atoms with Gasteiger partial charge in [-0.1, -0.05) is 31.0 Å². The fraction of sp³-hybridized carbons (Fsp3) is 0.667. The number of aryl methyl sites for hydroxylation is 2. The third-order valence-electron chi connectivity index (χ3n) is 5.77. The van der Waals surface area contributed by atoms with E-state index in [1.165, 1.54) is 68.3 Å². The number of nitrogens with zero attached hydrogens (tertiary/aromatic N) is 1. The predicted octanol–water partition coefficient (Wildman–Crippen LogP) is 3.22. The van der Waals surface area contributed by atoms with Gasteiger partial charge in [-0.05, 0) is 69.3 Å². The van der Waals surface area contributed by atoms with Gasteiger partial charge in [-0.2, -0.15) is 0 Å². The van der Waals surface area contributed by atoms with Crippen LogP contribution in [0.15, 0.2) is 18.2 Å². The summed E-state index contributed by atoms with van der Waals surface area (Å²) in [6.45, 7) is 6.85. The second-order valence-electron chi connectivity index (χ2n) is 6.95. The van der Waals surface area contributed by atoms with Gasteiger partial charge in [0.25, 0.3) is 0 Å². The van der Waals surface area contributed by atoms with Crippen molar-refractivity contribution in [2.24, 2.45) is 5.84 Å². The molecule has 0 amide bonds. The molecule has 1 aliphatic heterocycles. The molecule has 1 aliphatic carbocycles. The summed E-state index contributed by atoms with van der Waals surface area (Å²) >= 11 is 0. The number of nitrogens with two attached hydrogens (primary N) is 1. The SMILES string of the molecule is Cc1ccc(C(NN)C2(N3CCCC3)CCCC2)cc1C. The lowest BCUT2D eigenvalue weighted by Crippen LogP contribution is -2.55. The van der Waals surface area contributed by atoms with Crippen molar-refractivity contribution in [2.75, 3.05) is 13.1 Å². The third kappa shape index (κ3) is 2.63. The Balaban J connectivity index is 1.96. The molecule has 0 spiro atoms. The molecule has 2 aliphatic rings. The maximum absolute atomic E-state index is 6.05. The van der Waals surface area contributed by atoms with Gasteiger partial charge in [-0.3, -0.25) is 16.2 Å². The monoisotopic (exact) mass is 287 g/mol. The summed E-state index contributed by atoms with van der Waals surface area (Å²) in [6, 6.07) is 7.08. The maximum atomic E-state index is 6.05. The van der Waals surface area contributed by atoms with Crippen LogP contribution in [0.1, 0.15) is 61.3 Å². The highest BCUT2D eigenvalue weighted by atomic mass is 15.3. The van der Waals surface area contributed by atoms with E-state index in [0.717, 1.165) is 0 Å². The fourth-order valence-corrected chi connectivity index (χ4v) is 4.44. The van der Waals surface area contributed by atoms with Gasteiger partial charge in [-0.25, -0.2) is 0 Å². The van der Waals surface area contributed by atoms with E-state index in [4.69, 9.17) is 5.84 Å². The summed E-state index contributed by atoms with van der Waals surface area (Å²) < 4.78 is 0. The Labute approximate surface area is 128 Å². The number of rotatable bonds is 4. The van der Waals surface area contributed by atoms with Crippen molar-refractivity contribution in [3.63, 3.8) is 0 Å². The molecule has 21 heavy (non-hydrogen) atoms. The second kappa shape index (κ2) is 6.07. The highest BCUT2D eigenvalue weighted by Crippen LogP contribution is 2.45. The Bertz CT molecular complexity index is 485. The molecule has 1 atom stereocenters. The molecule has 3 N–H and O–H groups in total. The fourth-order valence-electron chi connectivity index (χ4n) is 4.44. The Morgan fingerprint density at radius 3 is 2.29 bits per heavy atom. The van der Waals surface area contributed by atoms with Crippen LogP contribution in [0.4, 0.5) is 0 Å². The molecule has 2 fully saturated rings. The minimum atomic E-state index is 0.229. The Morgan fingerprint density at radius 2 is 1.71 bits per heavy atom. The number of hydrogen-bond acceptors (Lipinski definition) is 3. The Kier molecular flexibility index (Phi) is 4.34. The van der Waals surface area contributed by atoms with E-state index in [2.05, 4.69) is 42.4 Å². The van der Waals surface area contributed by atoms with E-state index in [0.29, 0.717) is 0 Å². The van der Waals surface area contributed by atoms with Crippen molar-refractivity contribution in [2.45, 2.75) is 64.0 Å². The van der Waals surface area contributed by atoms with E-state index in [9.17, 15) is 0 Å². The molecule has 116 valence electrons. The molecular weight excluding hydrogens is 258 g/mol. The largest absolute Gasteiger partial charge is 0.296 e. The lowest BCUT2D eigenvalue weighted by Gasteiger charge is -2.45. The first kappa shape index (κ1) is 15.0. The highest BCUT2D eigenvalue weighted by molar-refractivity contribution is 5.34. The van der Waals surface area contributed by atoms with Crippen LogP contribution in [0.3, 0.4) is 0 Å². The molecule has 1 saturated heterocycles. The predicted molar refractivity (Wildman–Crippen MR) is 88.0 cm³/mol. The van der Waals surface area contributed by atoms with Gasteiger partial charge < -0.3 is 0 Å². The van der Waals surface area contributed by atoms with Crippen molar-refractivity contribution in [1.82, 2.24) is 10.3 Å². The lowest BCUT2D eigenvalue weighted by molar-refractivity contribution is 0.0764. The van der Waals surface area contributed by atoms with E-state index >= 15 is 0 Å². The maximum Gasteiger partial charge on any atom is 0.0644 e. The number of likely N-dealkylation sites (tertiary alicyclic amines) is 1. The zero-order chi connectivity index (χ0) is 14.9. The molecule has 1 saturated carbocycles. The van der Waals surface area contributed by atoms with Gasteiger partial charge in [0.1, 0.15) is 0 Å². The van der Waals surface area contributed by atoms with Crippen molar-refractivity contribution in [3.8, 4) is 0 Å². The summed E-state index contributed by atoms with van der Waals surface area (Å²) in [4.78, 5) is 2.72. The zero-order valence-electron chi connectivity index (χ0n) is 13.5. The molecular formula is C18H29N3. The van der Waals surface area contributed by atoms with Crippen molar-refractivity contribution >= 4 is 0 Å². The summed E-state index contributed by atoms with van der Waals surface area (Å²) in [5.41, 5.74) is 7.49. The van der Waals surface area contributed by atoms with Crippen LogP contribution in [0.5, 0.6) is 0 Å². The second-order valence-corrected chi connectivity index (χ2v) is 6.95. The normalized spacial score (nSPS) is 23.6. The van der Waals surface area contributed by atoms with E-state index in [1.54, 1.807) is 0 Å². The van der Waals surface area contributed by atoms with E-state index in [-0.39, 0.29) is 11.6 Å². The molecule has 0 radical (unpaired) electrons. The highest BCUT2D eigenvalue weighted by Gasteiger charge is 2.46. The molecule has 3 heteroatoms. The lowest BCUT2D eigenvalue weighted by atomic mass is 9.81. The van der Waals surface area contributed by atoms with Crippen LogP contribution in [0, 0.1) is 13.8 Å². The van der Waals surface area contributed by atoms with Crippen LogP contribution < -0.4 is 11.3 Å². The summed E-state index contributed by atoms with van der Waals surface area (Å²) in [5.74, 6) is 6.05. The Morgan fingerprint density at radius 1 is 1.05 bits per heavy atom. The minimum absolute atomic E-state index is 0.229. The summed E-state index contributed by atoms with van der Waals surface area (Å²) in [7, 11) is 0. The van der Waals surface area contributed by atoms with Crippen molar-refractivity contribution in [3.05, 3.63) is 34.9 Å². The number of benzene rings is 1. The van der Waals surface area contributed by atoms with Gasteiger partial charge in [0.15, 0.2) is 0 Å². The van der Waals surface area contributed by atoms with E-state index < -0.39 is 0 Å². The van der Waals surface area contributed by atoms with Gasteiger partial charge in [-0.15, -0.1) is 0 Å². The van der Waals surface area contributed by atoms with Crippen molar-refractivity contribution < 1.29 is 0 Å². The van der Waals surface area contributed by atoms with Gasteiger partial charge in [0.2, 0.25) is 0 Å². The quantitative estimate of drug-likeness (QED) is 0.660. The molecule has 1 aromatic rings. The molecule has 3 nitrogen and oxygen atoms in total. The molecule has 1 unspecified atom stereocenters. The average Bonchev–Trinajstić information content (AvgIpc) is 3.15. The third-order valence-corrected chi connectivity index (χ3v) is 5.77. The van der Waals surface area contributed by atoms with Crippen LogP contribution in [-0.4, -0.2) is 23.5 Å². The standard InChI is InChI=1S/C18H29N3/c1-14-7-8-16(13-15(14)2)17(20-19)18(9-3-4-10-18)21-11-5-6-12-21/h7-8,13,17,20H,3-6,9-12,19H2,1-2H3. The molecule has 0 aromatic heterocycles. The van der Waals surface area contributed by atoms with E-state index in [1.807, 2.05) is 0 Å². The van der Waals surface area contributed by atoms with Crippen LogP contribution >= 0.6 is 0 Å². The Hall–Kier alpha value is -0.900. The minimum Gasteiger partial charge on any atom is -0.296 e. The molecule has 0 bridgehead atoms. The molecule has 3 rings (SSSR count). The first-order chi connectivity index (χ1) is 10.2. The topological polar surface area (TPSA) is 41.3 Å². The van der Waals surface area contributed by atoms with Crippen LogP contribution in [0.2, 0.25) is 0 Å². The van der Waals surface area contributed by atoms with Gasteiger partial charge in [0, 0.05) is 5.54 Å². The first-order valence-electron chi connectivity index (χ1n) is 8.46. The number of hydrazine groups is 1.